The number of hydrogen-bond acceptors (Lipinski definition) is 3. The van der Waals surface area contributed by atoms with Gasteiger partial charge in [0.15, 0.2) is 5.65 Å². The van der Waals surface area contributed by atoms with E-state index in [0.717, 1.165) is 21.4 Å². The number of aliphatic hydroxyl groups is 1. The molecular formula is C13H10BrN3O. The largest absolute Gasteiger partial charge is 0.390 e. The molecule has 18 heavy (non-hydrogen) atoms. The third-order valence-electron chi connectivity index (χ3n) is 2.68. The minimum absolute atomic E-state index is 0.0757. The second-order valence-corrected chi connectivity index (χ2v) is 4.75. The van der Waals surface area contributed by atoms with Crippen molar-refractivity contribution in [1.82, 2.24) is 14.6 Å². The molecule has 0 fully saturated rings. The Morgan fingerprint density at radius 1 is 1.17 bits per heavy atom. The third-order valence-corrected chi connectivity index (χ3v) is 3.37. The van der Waals surface area contributed by atoms with Crippen LogP contribution in [0.2, 0.25) is 0 Å². The lowest BCUT2D eigenvalue weighted by molar-refractivity contribution is 0.277. The number of halogens is 1. The normalized spacial score (nSPS) is 11.0. The molecule has 0 bridgehead atoms. The Morgan fingerprint density at radius 2 is 2.00 bits per heavy atom. The van der Waals surface area contributed by atoms with Gasteiger partial charge in [0.1, 0.15) is 0 Å². The van der Waals surface area contributed by atoms with Crippen molar-refractivity contribution in [2.45, 2.75) is 6.61 Å². The van der Waals surface area contributed by atoms with Crippen LogP contribution in [-0.4, -0.2) is 19.7 Å². The lowest BCUT2D eigenvalue weighted by Gasteiger charge is -2.03. The Labute approximate surface area is 112 Å². The molecule has 0 amide bonds. The van der Waals surface area contributed by atoms with Crippen LogP contribution in [0, 0.1) is 0 Å². The lowest BCUT2D eigenvalue weighted by Crippen LogP contribution is -1.93. The van der Waals surface area contributed by atoms with E-state index in [2.05, 4.69) is 26.0 Å². The monoisotopic (exact) mass is 303 g/mol. The quantitative estimate of drug-likeness (QED) is 0.792. The molecule has 0 saturated carbocycles. The second-order valence-electron chi connectivity index (χ2n) is 3.89. The molecule has 0 unspecified atom stereocenters. The smallest absolute Gasteiger partial charge is 0.153 e. The summed E-state index contributed by atoms with van der Waals surface area (Å²) in [5.74, 6) is 0. The van der Waals surface area contributed by atoms with Gasteiger partial charge in [-0.2, -0.15) is 5.10 Å². The van der Waals surface area contributed by atoms with E-state index < -0.39 is 0 Å². The maximum absolute atomic E-state index is 9.06. The summed E-state index contributed by atoms with van der Waals surface area (Å²) in [5.41, 5.74) is 3.23. The summed E-state index contributed by atoms with van der Waals surface area (Å²) in [7, 11) is 0. The minimum Gasteiger partial charge on any atom is -0.390 e. The highest BCUT2D eigenvalue weighted by atomic mass is 79.9. The van der Waals surface area contributed by atoms with Gasteiger partial charge in [-0.1, -0.05) is 34.1 Å². The van der Waals surface area contributed by atoms with E-state index in [1.165, 1.54) is 0 Å². The topological polar surface area (TPSA) is 50.4 Å². The maximum atomic E-state index is 9.06. The van der Waals surface area contributed by atoms with E-state index in [1.54, 1.807) is 10.7 Å². The molecule has 2 heterocycles. The van der Waals surface area contributed by atoms with E-state index in [4.69, 9.17) is 5.11 Å². The summed E-state index contributed by atoms with van der Waals surface area (Å²) in [6.07, 6.45) is 1.73. The van der Waals surface area contributed by atoms with E-state index in [1.807, 2.05) is 36.4 Å². The Kier molecular flexibility index (Phi) is 2.85. The summed E-state index contributed by atoms with van der Waals surface area (Å²) in [6.45, 7) is -0.0757. The van der Waals surface area contributed by atoms with Gasteiger partial charge in [-0.25, -0.2) is 9.50 Å². The zero-order valence-corrected chi connectivity index (χ0v) is 11.0. The highest BCUT2D eigenvalue weighted by Crippen LogP contribution is 2.26. The molecule has 0 saturated heterocycles. The molecule has 1 N–H and O–H groups in total. The van der Waals surface area contributed by atoms with Gasteiger partial charge in [0.05, 0.1) is 24.2 Å². The Balaban J connectivity index is 2.16. The zero-order chi connectivity index (χ0) is 12.5. The molecule has 90 valence electrons. The average Bonchev–Trinajstić information content (AvgIpc) is 2.81. The summed E-state index contributed by atoms with van der Waals surface area (Å²) in [6, 6.07) is 11.7. The van der Waals surface area contributed by atoms with Crippen molar-refractivity contribution >= 4 is 21.6 Å². The summed E-state index contributed by atoms with van der Waals surface area (Å²) < 4.78 is 2.68. The first-order valence-electron chi connectivity index (χ1n) is 5.49. The van der Waals surface area contributed by atoms with Crippen LogP contribution >= 0.6 is 15.9 Å². The van der Waals surface area contributed by atoms with Crippen LogP contribution in [0.3, 0.4) is 0 Å². The standard InChI is InChI=1S/C13H10BrN3O/c14-11-4-2-1-3-10(11)12-5-6-13-15-9(8-18)7-17(13)16-12/h1-7,18H,8H2. The van der Waals surface area contributed by atoms with E-state index in [-0.39, 0.29) is 6.61 Å². The minimum atomic E-state index is -0.0757. The second kappa shape index (κ2) is 4.51. The van der Waals surface area contributed by atoms with Crippen LogP contribution in [0.1, 0.15) is 5.69 Å². The Bertz CT molecular complexity index is 708. The molecule has 3 rings (SSSR count). The van der Waals surface area contributed by atoms with Crippen LogP contribution in [-0.2, 0) is 6.61 Å². The van der Waals surface area contributed by atoms with Crippen molar-refractivity contribution in [3.05, 3.63) is 52.8 Å². The SMILES string of the molecule is OCc1cn2nc(-c3ccccc3Br)ccc2n1. The van der Waals surface area contributed by atoms with Crippen LogP contribution in [0.5, 0.6) is 0 Å². The van der Waals surface area contributed by atoms with Gasteiger partial charge in [0, 0.05) is 10.0 Å². The van der Waals surface area contributed by atoms with Crippen molar-refractivity contribution in [2.24, 2.45) is 0 Å². The molecule has 4 nitrogen and oxygen atoms in total. The number of benzene rings is 1. The van der Waals surface area contributed by atoms with Gasteiger partial charge in [-0.15, -0.1) is 0 Å². The van der Waals surface area contributed by atoms with Crippen molar-refractivity contribution in [2.75, 3.05) is 0 Å². The number of nitrogens with zero attached hydrogens (tertiary/aromatic N) is 3. The molecule has 5 heteroatoms. The third kappa shape index (κ3) is 1.91. The highest BCUT2D eigenvalue weighted by molar-refractivity contribution is 9.10. The molecule has 0 atom stereocenters. The van der Waals surface area contributed by atoms with Crippen LogP contribution < -0.4 is 0 Å². The van der Waals surface area contributed by atoms with Crippen molar-refractivity contribution in [3.8, 4) is 11.3 Å². The average molecular weight is 304 g/mol. The molecule has 0 aliphatic heterocycles. The van der Waals surface area contributed by atoms with Crippen molar-refractivity contribution < 1.29 is 5.11 Å². The Morgan fingerprint density at radius 3 is 2.78 bits per heavy atom. The Hall–Kier alpha value is -1.72. The van der Waals surface area contributed by atoms with Crippen LogP contribution in [0.4, 0.5) is 0 Å². The first-order chi connectivity index (χ1) is 8.78. The van der Waals surface area contributed by atoms with Crippen molar-refractivity contribution in [1.29, 1.82) is 0 Å². The fourth-order valence-corrected chi connectivity index (χ4v) is 2.31. The van der Waals surface area contributed by atoms with Gasteiger partial charge < -0.3 is 5.11 Å². The van der Waals surface area contributed by atoms with E-state index in [0.29, 0.717) is 5.69 Å². The first-order valence-corrected chi connectivity index (χ1v) is 6.28. The fourth-order valence-electron chi connectivity index (χ4n) is 1.82. The molecule has 2 aromatic heterocycles. The number of rotatable bonds is 2. The maximum Gasteiger partial charge on any atom is 0.153 e. The van der Waals surface area contributed by atoms with Crippen LogP contribution in [0.25, 0.3) is 16.9 Å². The fraction of sp³-hybridized carbons (Fsp3) is 0.0769. The first kappa shape index (κ1) is 11.4. The summed E-state index contributed by atoms with van der Waals surface area (Å²) in [4.78, 5) is 4.23. The summed E-state index contributed by atoms with van der Waals surface area (Å²) >= 11 is 3.51. The molecular weight excluding hydrogens is 294 g/mol. The van der Waals surface area contributed by atoms with Gasteiger partial charge in [0.25, 0.3) is 0 Å². The number of aliphatic hydroxyl groups excluding tert-OH is 1. The lowest BCUT2D eigenvalue weighted by atomic mass is 10.1. The van der Waals surface area contributed by atoms with E-state index in [9.17, 15) is 0 Å². The number of aromatic nitrogens is 3. The number of hydrogen-bond donors (Lipinski definition) is 1. The number of fused-ring (bicyclic) bond motifs is 1. The molecule has 0 spiro atoms. The van der Waals surface area contributed by atoms with Crippen molar-refractivity contribution in [3.63, 3.8) is 0 Å². The van der Waals surface area contributed by atoms with Gasteiger partial charge in [-0.05, 0) is 18.2 Å². The highest BCUT2D eigenvalue weighted by Gasteiger charge is 2.06. The molecule has 0 radical (unpaired) electrons. The van der Waals surface area contributed by atoms with Gasteiger partial charge in [0.2, 0.25) is 0 Å². The number of imidazole rings is 1. The van der Waals surface area contributed by atoms with Gasteiger partial charge >= 0.3 is 0 Å². The van der Waals surface area contributed by atoms with Gasteiger partial charge in [-0.3, -0.25) is 0 Å². The predicted molar refractivity (Wildman–Crippen MR) is 72.0 cm³/mol. The van der Waals surface area contributed by atoms with Crippen LogP contribution in [0.15, 0.2) is 47.1 Å². The zero-order valence-electron chi connectivity index (χ0n) is 9.42. The predicted octanol–water partition coefficient (Wildman–Crippen LogP) is 2.65. The molecule has 0 aliphatic carbocycles. The molecule has 3 aromatic rings. The summed E-state index contributed by atoms with van der Waals surface area (Å²) in [5, 5.41) is 13.5. The molecule has 0 aliphatic rings. The van der Waals surface area contributed by atoms with E-state index >= 15 is 0 Å². The molecule has 1 aromatic carbocycles.